The highest BCUT2D eigenvalue weighted by Gasteiger charge is 2.07. The van der Waals surface area contributed by atoms with E-state index in [1.54, 1.807) is 12.3 Å². The van der Waals surface area contributed by atoms with Crippen molar-refractivity contribution >= 4 is 23.4 Å². The Hall–Kier alpha value is -2.14. The first-order chi connectivity index (χ1) is 11.0. The Morgan fingerprint density at radius 1 is 1.17 bits per heavy atom. The van der Waals surface area contributed by atoms with Gasteiger partial charge in [-0.1, -0.05) is 19.9 Å². The van der Waals surface area contributed by atoms with Crippen LogP contribution in [0.2, 0.25) is 0 Å². The summed E-state index contributed by atoms with van der Waals surface area (Å²) < 4.78 is 1.46. The van der Waals surface area contributed by atoms with E-state index in [4.69, 9.17) is 0 Å². The molecule has 0 fully saturated rings. The van der Waals surface area contributed by atoms with Crippen LogP contribution >= 0.6 is 12.6 Å². The molecule has 3 rings (SSSR count). The maximum absolute atomic E-state index is 12.6. The zero-order valence-corrected chi connectivity index (χ0v) is 14.1. The molecule has 2 aromatic heterocycles. The molecule has 1 aromatic carbocycles. The molecule has 0 unspecified atom stereocenters. The minimum absolute atomic E-state index is 0.105. The molecule has 0 amide bonds. The van der Waals surface area contributed by atoms with Crippen molar-refractivity contribution in [2.24, 2.45) is 5.92 Å². The lowest BCUT2D eigenvalue weighted by Crippen LogP contribution is -2.23. The fraction of sp³-hybridized carbons (Fsp3) is 0.278. The van der Waals surface area contributed by atoms with Gasteiger partial charge in [-0.15, -0.1) is 12.6 Å². The van der Waals surface area contributed by atoms with E-state index in [1.807, 2.05) is 30.3 Å². The second-order valence-corrected chi connectivity index (χ2v) is 6.61. The molecule has 5 heteroatoms. The minimum atomic E-state index is -0.105. The summed E-state index contributed by atoms with van der Waals surface area (Å²) in [5.74, 6) is 0.551. The van der Waals surface area contributed by atoms with Gasteiger partial charge in [0.15, 0.2) is 0 Å². The number of aromatic nitrogens is 3. The standard InChI is InChI=1S/C18H19N3OS/c1-12(2)8-14-4-3-5-15(20-14)11-21-18(22)17-7-6-16(23)9-13(17)10-19-21/h3-7,9-10,12,23H,8,11H2,1-2H3. The molecule has 0 spiro atoms. The van der Waals surface area contributed by atoms with Gasteiger partial charge >= 0.3 is 0 Å². The summed E-state index contributed by atoms with van der Waals surface area (Å²) in [4.78, 5) is 18.0. The highest BCUT2D eigenvalue weighted by atomic mass is 32.1. The van der Waals surface area contributed by atoms with Crippen molar-refractivity contribution in [3.05, 3.63) is 64.3 Å². The Morgan fingerprint density at radius 3 is 2.74 bits per heavy atom. The number of rotatable bonds is 4. The largest absolute Gasteiger partial charge is 0.274 e. The van der Waals surface area contributed by atoms with Crippen LogP contribution in [0.4, 0.5) is 0 Å². The molecule has 0 saturated heterocycles. The first-order valence-corrected chi connectivity index (χ1v) is 8.11. The summed E-state index contributed by atoms with van der Waals surface area (Å²) in [6.45, 7) is 4.71. The average molecular weight is 325 g/mol. The average Bonchev–Trinajstić information content (AvgIpc) is 2.50. The molecule has 4 nitrogen and oxygen atoms in total. The highest BCUT2D eigenvalue weighted by molar-refractivity contribution is 7.80. The molecule has 0 N–H and O–H groups in total. The SMILES string of the molecule is CC(C)Cc1cccc(Cn2ncc3cc(S)ccc3c2=O)n1. The predicted molar refractivity (Wildman–Crippen MR) is 95.1 cm³/mol. The summed E-state index contributed by atoms with van der Waals surface area (Å²) in [6, 6.07) is 11.4. The van der Waals surface area contributed by atoms with Crippen molar-refractivity contribution in [3.8, 4) is 0 Å². The maximum Gasteiger partial charge on any atom is 0.274 e. The first-order valence-electron chi connectivity index (χ1n) is 7.66. The Bertz CT molecular complexity index is 902. The Kier molecular flexibility index (Phi) is 4.48. The van der Waals surface area contributed by atoms with E-state index in [2.05, 4.69) is 36.6 Å². The van der Waals surface area contributed by atoms with Crippen LogP contribution in [-0.4, -0.2) is 14.8 Å². The molecule has 0 aliphatic rings. The summed E-state index contributed by atoms with van der Waals surface area (Å²) >= 11 is 4.29. The van der Waals surface area contributed by atoms with Crippen LogP contribution < -0.4 is 5.56 Å². The number of pyridine rings is 1. The molecule has 0 atom stereocenters. The van der Waals surface area contributed by atoms with Crippen LogP contribution in [0.3, 0.4) is 0 Å². The summed E-state index contributed by atoms with van der Waals surface area (Å²) in [5, 5.41) is 5.72. The molecule has 0 aliphatic carbocycles. The Balaban J connectivity index is 1.94. The van der Waals surface area contributed by atoms with Gasteiger partial charge in [-0.25, -0.2) is 4.68 Å². The highest BCUT2D eigenvalue weighted by Crippen LogP contribution is 2.14. The fourth-order valence-corrected chi connectivity index (χ4v) is 2.80. The lowest BCUT2D eigenvalue weighted by molar-refractivity contribution is 0.613. The quantitative estimate of drug-likeness (QED) is 0.749. The van der Waals surface area contributed by atoms with Crippen LogP contribution in [0.1, 0.15) is 25.2 Å². The number of hydrogen-bond donors (Lipinski definition) is 1. The van der Waals surface area contributed by atoms with Crippen molar-refractivity contribution in [2.75, 3.05) is 0 Å². The molecule has 0 saturated carbocycles. The van der Waals surface area contributed by atoms with Crippen molar-refractivity contribution in [1.82, 2.24) is 14.8 Å². The smallest absolute Gasteiger partial charge is 0.267 e. The van der Waals surface area contributed by atoms with E-state index >= 15 is 0 Å². The molecule has 0 radical (unpaired) electrons. The van der Waals surface area contributed by atoms with E-state index in [1.165, 1.54) is 4.68 Å². The first kappa shape index (κ1) is 15.7. The lowest BCUT2D eigenvalue weighted by Gasteiger charge is -2.08. The molecule has 0 aliphatic heterocycles. The summed E-state index contributed by atoms with van der Waals surface area (Å²) in [6.07, 6.45) is 2.63. The number of fused-ring (bicyclic) bond motifs is 1. The summed E-state index contributed by atoms with van der Waals surface area (Å²) in [7, 11) is 0. The van der Waals surface area contributed by atoms with E-state index in [0.29, 0.717) is 17.8 Å². The van der Waals surface area contributed by atoms with Crippen LogP contribution in [0.15, 0.2) is 52.3 Å². The zero-order valence-electron chi connectivity index (χ0n) is 13.2. The predicted octanol–water partition coefficient (Wildman–Crippen LogP) is 3.33. The van der Waals surface area contributed by atoms with Gasteiger partial charge in [0.1, 0.15) is 0 Å². The van der Waals surface area contributed by atoms with Gasteiger partial charge in [0.25, 0.3) is 5.56 Å². The second kappa shape index (κ2) is 6.54. The molecular formula is C18H19N3OS. The van der Waals surface area contributed by atoms with Crippen molar-refractivity contribution in [1.29, 1.82) is 0 Å². The molecule has 3 aromatic rings. The van der Waals surface area contributed by atoms with Gasteiger partial charge in [0.05, 0.1) is 23.8 Å². The topological polar surface area (TPSA) is 47.8 Å². The van der Waals surface area contributed by atoms with Crippen LogP contribution in [-0.2, 0) is 13.0 Å². The van der Waals surface area contributed by atoms with Crippen molar-refractivity contribution in [3.63, 3.8) is 0 Å². The van der Waals surface area contributed by atoms with Gasteiger partial charge < -0.3 is 0 Å². The molecule has 2 heterocycles. The third kappa shape index (κ3) is 3.62. The zero-order chi connectivity index (χ0) is 16.4. The van der Waals surface area contributed by atoms with Gasteiger partial charge in [-0.3, -0.25) is 9.78 Å². The fourth-order valence-electron chi connectivity index (χ4n) is 2.59. The van der Waals surface area contributed by atoms with E-state index in [0.717, 1.165) is 28.1 Å². The van der Waals surface area contributed by atoms with Gasteiger partial charge in [-0.2, -0.15) is 5.10 Å². The summed E-state index contributed by atoms with van der Waals surface area (Å²) in [5.41, 5.74) is 1.79. The van der Waals surface area contributed by atoms with Crippen LogP contribution in [0.25, 0.3) is 10.8 Å². The monoisotopic (exact) mass is 325 g/mol. The van der Waals surface area contributed by atoms with Crippen molar-refractivity contribution < 1.29 is 0 Å². The maximum atomic E-state index is 12.6. The normalized spacial score (nSPS) is 11.3. The number of nitrogens with zero attached hydrogens (tertiary/aromatic N) is 3. The Morgan fingerprint density at radius 2 is 1.96 bits per heavy atom. The Labute approximate surface area is 140 Å². The number of benzene rings is 1. The van der Waals surface area contributed by atoms with E-state index < -0.39 is 0 Å². The third-order valence-corrected chi connectivity index (χ3v) is 3.91. The number of thiol groups is 1. The molecular weight excluding hydrogens is 306 g/mol. The van der Waals surface area contributed by atoms with Crippen LogP contribution in [0, 0.1) is 5.92 Å². The van der Waals surface area contributed by atoms with Gasteiger partial charge in [0, 0.05) is 16.0 Å². The molecule has 0 bridgehead atoms. The molecule has 23 heavy (non-hydrogen) atoms. The number of hydrogen-bond acceptors (Lipinski definition) is 4. The van der Waals surface area contributed by atoms with E-state index in [9.17, 15) is 4.79 Å². The minimum Gasteiger partial charge on any atom is -0.267 e. The van der Waals surface area contributed by atoms with Gasteiger partial charge in [0.2, 0.25) is 0 Å². The van der Waals surface area contributed by atoms with Crippen LogP contribution in [0.5, 0.6) is 0 Å². The third-order valence-electron chi connectivity index (χ3n) is 3.63. The molecule has 118 valence electrons. The second-order valence-electron chi connectivity index (χ2n) is 6.10. The van der Waals surface area contributed by atoms with Gasteiger partial charge in [-0.05, 0) is 42.7 Å². The lowest BCUT2D eigenvalue weighted by atomic mass is 10.1. The van der Waals surface area contributed by atoms with Crippen molar-refractivity contribution in [2.45, 2.75) is 31.7 Å². The van der Waals surface area contributed by atoms with E-state index in [-0.39, 0.29) is 5.56 Å².